The first-order chi connectivity index (χ1) is 6.20. The number of halogens is 6. The standard InChI is InChI=1S/C6H4ClF5N2/c7-6(11,12)4-1-2-13-14(4)3-5(8,9)10/h1-2H,3H2. The van der Waals surface area contributed by atoms with E-state index in [1.54, 1.807) is 0 Å². The van der Waals surface area contributed by atoms with Crippen LogP contribution in [0, 0.1) is 0 Å². The van der Waals surface area contributed by atoms with Crippen molar-refractivity contribution < 1.29 is 22.0 Å². The van der Waals surface area contributed by atoms with Crippen molar-refractivity contribution in [3.05, 3.63) is 18.0 Å². The van der Waals surface area contributed by atoms with Gasteiger partial charge in [-0.25, -0.2) is 0 Å². The van der Waals surface area contributed by atoms with Crippen LogP contribution in [0.2, 0.25) is 0 Å². The van der Waals surface area contributed by atoms with E-state index in [4.69, 9.17) is 0 Å². The third kappa shape index (κ3) is 2.83. The molecule has 0 aliphatic carbocycles. The van der Waals surface area contributed by atoms with Crippen LogP contribution in [-0.2, 0) is 11.9 Å². The van der Waals surface area contributed by atoms with E-state index in [2.05, 4.69) is 16.7 Å². The topological polar surface area (TPSA) is 17.8 Å². The van der Waals surface area contributed by atoms with Crippen LogP contribution in [0.15, 0.2) is 12.3 Å². The van der Waals surface area contributed by atoms with Gasteiger partial charge in [0.1, 0.15) is 12.2 Å². The van der Waals surface area contributed by atoms with Crippen molar-refractivity contribution in [1.82, 2.24) is 9.78 Å². The van der Waals surface area contributed by atoms with Gasteiger partial charge in [0, 0.05) is 6.20 Å². The molecule has 0 bridgehead atoms. The first-order valence-corrected chi connectivity index (χ1v) is 3.74. The van der Waals surface area contributed by atoms with Crippen molar-refractivity contribution in [2.75, 3.05) is 0 Å². The lowest BCUT2D eigenvalue weighted by atomic mass is 10.4. The molecule has 1 heterocycles. The fourth-order valence-electron chi connectivity index (χ4n) is 0.869. The van der Waals surface area contributed by atoms with Gasteiger partial charge in [0.15, 0.2) is 0 Å². The van der Waals surface area contributed by atoms with Crippen LogP contribution >= 0.6 is 11.6 Å². The molecular weight excluding hydrogens is 231 g/mol. The Labute approximate surface area is 80.3 Å². The van der Waals surface area contributed by atoms with Gasteiger partial charge in [0.05, 0.1) is 0 Å². The minimum atomic E-state index is -4.61. The largest absolute Gasteiger partial charge is 0.408 e. The Morgan fingerprint density at radius 2 is 1.86 bits per heavy atom. The summed E-state index contributed by atoms with van der Waals surface area (Å²) in [7, 11) is 0. The molecule has 0 fully saturated rings. The fourth-order valence-corrected chi connectivity index (χ4v) is 1.03. The van der Waals surface area contributed by atoms with E-state index in [1.807, 2.05) is 0 Å². The lowest BCUT2D eigenvalue weighted by molar-refractivity contribution is -0.144. The minimum absolute atomic E-state index is 0.118. The van der Waals surface area contributed by atoms with Gasteiger partial charge in [-0.2, -0.15) is 27.1 Å². The van der Waals surface area contributed by atoms with Crippen LogP contribution in [0.1, 0.15) is 5.69 Å². The number of hydrogen-bond donors (Lipinski definition) is 0. The van der Waals surface area contributed by atoms with E-state index in [1.165, 1.54) is 0 Å². The minimum Gasteiger partial charge on any atom is -0.253 e. The average molecular weight is 235 g/mol. The van der Waals surface area contributed by atoms with E-state index >= 15 is 0 Å². The molecule has 0 spiro atoms. The van der Waals surface area contributed by atoms with Crippen molar-refractivity contribution in [2.24, 2.45) is 0 Å². The lowest BCUT2D eigenvalue weighted by Crippen LogP contribution is -2.23. The summed E-state index contributed by atoms with van der Waals surface area (Å²) in [5.74, 6) is 0. The predicted molar refractivity (Wildman–Crippen MR) is 38.0 cm³/mol. The molecule has 0 saturated heterocycles. The highest BCUT2D eigenvalue weighted by molar-refractivity contribution is 6.21. The summed E-state index contributed by atoms with van der Waals surface area (Å²) in [6, 6.07) is 0.735. The maximum Gasteiger partial charge on any atom is 0.408 e. The summed E-state index contributed by atoms with van der Waals surface area (Å²) in [6.07, 6.45) is -3.78. The highest BCUT2D eigenvalue weighted by atomic mass is 35.5. The number of rotatable bonds is 2. The second-order valence-corrected chi connectivity index (χ2v) is 2.96. The van der Waals surface area contributed by atoms with Crippen LogP contribution in [0.4, 0.5) is 22.0 Å². The molecule has 14 heavy (non-hydrogen) atoms. The zero-order valence-electron chi connectivity index (χ0n) is 6.52. The van der Waals surface area contributed by atoms with Crippen LogP contribution in [-0.4, -0.2) is 16.0 Å². The van der Waals surface area contributed by atoms with Gasteiger partial charge in [-0.1, -0.05) is 0 Å². The number of alkyl halides is 6. The Kier molecular flexibility index (Phi) is 2.71. The smallest absolute Gasteiger partial charge is 0.253 e. The number of hydrogen-bond acceptors (Lipinski definition) is 1. The molecule has 1 aromatic rings. The molecule has 80 valence electrons. The predicted octanol–water partition coefficient (Wildman–Crippen LogP) is 2.73. The van der Waals surface area contributed by atoms with E-state index in [9.17, 15) is 22.0 Å². The van der Waals surface area contributed by atoms with Crippen molar-refractivity contribution in [2.45, 2.75) is 18.1 Å². The van der Waals surface area contributed by atoms with Crippen molar-refractivity contribution in [3.63, 3.8) is 0 Å². The summed E-state index contributed by atoms with van der Waals surface area (Å²) in [5.41, 5.74) is -0.975. The van der Waals surface area contributed by atoms with E-state index in [0.717, 1.165) is 12.3 Å². The molecule has 0 N–H and O–H groups in total. The lowest BCUT2D eigenvalue weighted by Gasteiger charge is -2.12. The average Bonchev–Trinajstić information content (AvgIpc) is 2.29. The van der Waals surface area contributed by atoms with Crippen LogP contribution in [0.3, 0.4) is 0 Å². The second kappa shape index (κ2) is 3.38. The van der Waals surface area contributed by atoms with Crippen molar-refractivity contribution >= 4 is 11.6 Å². The first-order valence-electron chi connectivity index (χ1n) is 3.36. The molecule has 2 nitrogen and oxygen atoms in total. The Hall–Kier alpha value is -0.850. The van der Waals surface area contributed by atoms with Gasteiger partial charge in [-0.05, 0) is 17.7 Å². The molecule has 0 saturated carbocycles. The zero-order valence-corrected chi connectivity index (χ0v) is 7.28. The normalized spacial score (nSPS) is 13.3. The molecule has 1 aromatic heterocycles. The SMILES string of the molecule is FC(F)(F)Cn1nccc1C(F)(F)Cl. The van der Waals surface area contributed by atoms with Gasteiger partial charge in [-0.15, -0.1) is 0 Å². The monoisotopic (exact) mass is 234 g/mol. The summed E-state index contributed by atoms with van der Waals surface area (Å²) in [6.45, 7) is -1.59. The molecular formula is C6H4ClF5N2. The molecule has 0 radical (unpaired) electrons. The molecule has 8 heteroatoms. The van der Waals surface area contributed by atoms with Gasteiger partial charge in [0.25, 0.3) is 0 Å². The molecule has 0 aromatic carbocycles. The molecule has 1 rings (SSSR count). The zero-order chi connectivity index (χ0) is 11.0. The Balaban J connectivity index is 2.95. The Morgan fingerprint density at radius 3 is 2.29 bits per heavy atom. The first kappa shape index (κ1) is 11.2. The maximum atomic E-state index is 12.5. The third-order valence-electron chi connectivity index (χ3n) is 1.34. The number of aromatic nitrogens is 2. The van der Waals surface area contributed by atoms with Crippen LogP contribution in [0.25, 0.3) is 0 Å². The quantitative estimate of drug-likeness (QED) is 0.568. The highest BCUT2D eigenvalue weighted by Crippen LogP contribution is 2.32. The number of nitrogens with zero attached hydrogens (tertiary/aromatic N) is 2. The van der Waals surface area contributed by atoms with E-state index < -0.39 is 23.8 Å². The van der Waals surface area contributed by atoms with Gasteiger partial charge < -0.3 is 0 Å². The van der Waals surface area contributed by atoms with Crippen molar-refractivity contribution in [1.29, 1.82) is 0 Å². The molecule has 0 unspecified atom stereocenters. The van der Waals surface area contributed by atoms with Crippen molar-refractivity contribution in [3.8, 4) is 0 Å². The van der Waals surface area contributed by atoms with Crippen LogP contribution in [0.5, 0.6) is 0 Å². The summed E-state index contributed by atoms with van der Waals surface area (Å²) in [4.78, 5) is 0. The second-order valence-electron chi connectivity index (χ2n) is 2.49. The molecule has 0 aliphatic rings. The van der Waals surface area contributed by atoms with E-state index in [-0.39, 0.29) is 4.68 Å². The van der Waals surface area contributed by atoms with Crippen LogP contribution < -0.4 is 0 Å². The molecule has 0 aliphatic heterocycles. The van der Waals surface area contributed by atoms with Gasteiger partial charge in [-0.3, -0.25) is 4.68 Å². The summed E-state index contributed by atoms with van der Waals surface area (Å²) in [5, 5.41) is -0.745. The van der Waals surface area contributed by atoms with Gasteiger partial charge >= 0.3 is 11.6 Å². The highest BCUT2D eigenvalue weighted by Gasteiger charge is 2.36. The Morgan fingerprint density at radius 1 is 1.29 bits per heavy atom. The maximum absolute atomic E-state index is 12.5. The summed E-state index contributed by atoms with van der Waals surface area (Å²) >= 11 is 4.57. The Bertz CT molecular complexity index is 313. The fraction of sp³-hybridized carbons (Fsp3) is 0.500. The molecule has 0 amide bonds. The van der Waals surface area contributed by atoms with E-state index in [0.29, 0.717) is 0 Å². The molecule has 0 atom stereocenters. The third-order valence-corrected chi connectivity index (χ3v) is 1.53. The van der Waals surface area contributed by atoms with Gasteiger partial charge in [0.2, 0.25) is 0 Å². The summed E-state index contributed by atoms with van der Waals surface area (Å²) < 4.78 is 60.6.